The third kappa shape index (κ3) is 3.68. The van der Waals surface area contributed by atoms with Crippen LogP contribution >= 0.6 is 51.7 Å². The Morgan fingerprint density at radius 1 is 1.62 bits per heavy atom. The second-order valence-corrected chi connectivity index (χ2v) is 9.40. The summed E-state index contributed by atoms with van der Waals surface area (Å²) in [6, 6.07) is 0. The number of amidine groups is 1. The number of nitrogens with two attached hydrogens (primary N) is 1. The summed E-state index contributed by atoms with van der Waals surface area (Å²) < 4.78 is 9.20. The van der Waals surface area contributed by atoms with Crippen molar-refractivity contribution < 1.29 is 9.36 Å². The van der Waals surface area contributed by atoms with E-state index in [2.05, 4.69) is 0 Å². The van der Waals surface area contributed by atoms with Crippen LogP contribution in [-0.4, -0.2) is 14.9 Å². The van der Waals surface area contributed by atoms with Crippen LogP contribution in [0.5, 0.6) is 0 Å². The topological polar surface area (TPSA) is 84.0 Å². The maximum absolute atomic E-state index is 11.2. The van der Waals surface area contributed by atoms with Crippen LogP contribution in [-0.2, 0) is 9.36 Å². The van der Waals surface area contributed by atoms with E-state index in [9.17, 15) is 9.36 Å². The van der Waals surface area contributed by atoms with Crippen molar-refractivity contribution in [2.75, 3.05) is 0 Å². The molecule has 0 amide bonds. The third-order valence-corrected chi connectivity index (χ3v) is 6.76. The Morgan fingerprint density at radius 2 is 2.00 bits per heavy atom. The molecule has 0 heterocycles. The highest BCUT2D eigenvalue weighted by Gasteiger charge is 2.47. The Bertz CT molecular complexity index is 289. The molecule has 0 saturated carbocycles. The summed E-state index contributed by atoms with van der Waals surface area (Å²) in [5.74, 6) is -3.79. The lowest BCUT2D eigenvalue weighted by atomic mass is 10.5. The molecular formula is C4H6Cl3N2O2PS. The van der Waals surface area contributed by atoms with E-state index in [4.69, 9.17) is 45.2 Å². The van der Waals surface area contributed by atoms with Crippen LogP contribution in [0.15, 0.2) is 0 Å². The van der Waals surface area contributed by atoms with Crippen molar-refractivity contribution in [3.8, 4) is 0 Å². The molecule has 0 bridgehead atoms. The summed E-state index contributed by atoms with van der Waals surface area (Å²) in [6.45, 7) is 1.12. The smallest absolute Gasteiger partial charge is 0.281 e. The minimum atomic E-state index is -3.79. The number of nitrogens with one attached hydrogen (secondary N) is 1. The van der Waals surface area contributed by atoms with E-state index < -0.39 is 20.7 Å². The van der Waals surface area contributed by atoms with Crippen molar-refractivity contribution in [3.05, 3.63) is 0 Å². The van der Waals surface area contributed by atoms with Crippen LogP contribution in [0.4, 0.5) is 0 Å². The minimum absolute atomic E-state index is 0.337. The van der Waals surface area contributed by atoms with Gasteiger partial charge in [-0.2, -0.15) is 0 Å². The Labute approximate surface area is 93.9 Å². The van der Waals surface area contributed by atoms with Gasteiger partial charge in [-0.05, 0) is 41.2 Å². The van der Waals surface area contributed by atoms with Gasteiger partial charge in [-0.1, -0.05) is 11.6 Å². The lowest BCUT2D eigenvalue weighted by molar-refractivity contribution is -0.111. The first kappa shape index (κ1) is 13.6. The fourth-order valence-electron chi connectivity index (χ4n) is 0.299. The van der Waals surface area contributed by atoms with Crippen molar-refractivity contribution in [1.29, 1.82) is 5.41 Å². The quantitative estimate of drug-likeness (QED) is 0.353. The van der Waals surface area contributed by atoms with Crippen molar-refractivity contribution in [2.45, 2.75) is 11.5 Å². The van der Waals surface area contributed by atoms with Gasteiger partial charge in [0.25, 0.3) is 5.85 Å². The molecule has 3 N–H and O–H groups in total. The molecule has 1 unspecified atom stereocenters. The first-order valence-corrected chi connectivity index (χ1v) is 7.55. The Kier molecular flexibility index (Phi) is 4.61. The Hall–Kier alpha value is 0.590. The van der Waals surface area contributed by atoms with Crippen LogP contribution in [0, 0.1) is 5.41 Å². The first-order valence-electron chi connectivity index (χ1n) is 2.83. The molecular weight excluding hydrogens is 277 g/mol. The molecule has 76 valence electrons. The van der Waals surface area contributed by atoms with Crippen LogP contribution in [0.3, 0.4) is 0 Å². The van der Waals surface area contributed by atoms with Gasteiger partial charge < -0.3 is 5.73 Å². The largest absolute Gasteiger partial charge is 0.378 e. The van der Waals surface area contributed by atoms with Crippen LogP contribution in [0.1, 0.15) is 6.92 Å². The molecule has 0 aromatic rings. The highest BCUT2D eigenvalue weighted by atomic mass is 35.9. The maximum Gasteiger partial charge on any atom is 0.281 e. The molecule has 0 aromatic carbocycles. The number of hydrogen-bond donors (Lipinski definition) is 2. The van der Waals surface area contributed by atoms with E-state index >= 15 is 0 Å². The molecule has 0 spiro atoms. The Balaban J connectivity index is 4.76. The highest BCUT2D eigenvalue weighted by molar-refractivity contribution is 8.28. The molecule has 9 heteroatoms. The zero-order valence-corrected chi connectivity index (χ0v) is 10.4. The first-order chi connectivity index (χ1) is 5.59. The summed E-state index contributed by atoms with van der Waals surface area (Å²) in [5, 5.41) is 5.52. The lowest BCUT2D eigenvalue weighted by Crippen LogP contribution is -2.25. The van der Waals surface area contributed by atoms with Crippen molar-refractivity contribution >= 4 is 62.0 Å². The van der Waals surface area contributed by atoms with Gasteiger partial charge in [0.1, 0.15) is 0 Å². The van der Waals surface area contributed by atoms with E-state index in [1.54, 1.807) is 0 Å². The second kappa shape index (κ2) is 4.41. The molecule has 0 radical (unpaired) electrons. The molecule has 0 saturated heterocycles. The van der Waals surface area contributed by atoms with Crippen LogP contribution in [0.25, 0.3) is 0 Å². The highest BCUT2D eigenvalue weighted by Crippen LogP contribution is 2.69. The third-order valence-electron chi connectivity index (χ3n) is 1.06. The zero-order valence-electron chi connectivity index (χ0n) is 6.38. The van der Waals surface area contributed by atoms with E-state index in [1.807, 2.05) is 0 Å². The predicted octanol–water partition coefficient (Wildman–Crippen LogP) is 2.77. The lowest BCUT2D eigenvalue weighted by Gasteiger charge is -2.19. The second-order valence-electron chi connectivity index (χ2n) is 2.17. The molecule has 0 aromatic heterocycles. The summed E-state index contributed by atoms with van der Waals surface area (Å²) in [5.41, 5.74) is 4.92. The molecule has 4 nitrogen and oxygen atoms in total. The summed E-state index contributed by atoms with van der Waals surface area (Å²) >= 11 is 16.4. The van der Waals surface area contributed by atoms with Gasteiger partial charge in [-0.3, -0.25) is 14.8 Å². The fraction of sp³-hybridized carbons (Fsp3) is 0.500. The zero-order chi connectivity index (χ0) is 10.9. The monoisotopic (exact) mass is 282 g/mol. The van der Waals surface area contributed by atoms with Crippen LogP contribution < -0.4 is 5.73 Å². The summed E-state index contributed by atoms with van der Waals surface area (Å²) in [4.78, 5) is 11.2. The van der Waals surface area contributed by atoms with Crippen LogP contribution in [0.2, 0.25) is 0 Å². The minimum Gasteiger partial charge on any atom is -0.378 e. The Morgan fingerprint density at radius 3 is 2.23 bits per heavy atom. The normalized spacial score (nSPS) is 16.3. The molecule has 0 aliphatic carbocycles. The van der Waals surface area contributed by atoms with Gasteiger partial charge in [0, 0.05) is 0 Å². The molecule has 0 aliphatic rings. The summed E-state index contributed by atoms with van der Waals surface area (Å²) in [6.07, 6.45) is 0. The molecule has 0 rings (SSSR count). The summed E-state index contributed by atoms with van der Waals surface area (Å²) in [7, 11) is 0. The van der Waals surface area contributed by atoms with Gasteiger partial charge in [0.05, 0.1) is 0 Å². The number of carbonyl (C=O) groups is 1. The molecule has 0 aliphatic heterocycles. The average molecular weight is 284 g/mol. The van der Waals surface area contributed by atoms with Crippen molar-refractivity contribution in [1.82, 2.24) is 0 Å². The number of carbonyl (C=O) groups excluding carboxylic acids is 1. The SMILES string of the molecule is CC(Cl)(C(=O)SC(=N)N)P(=O)(Cl)Cl. The van der Waals surface area contributed by atoms with E-state index in [-0.39, 0.29) is 0 Å². The van der Waals surface area contributed by atoms with Gasteiger partial charge >= 0.3 is 0 Å². The number of thioether (sulfide) groups is 1. The standard InChI is InChI=1S/C4H6Cl3N2O2PS/c1-4(5,12(6,7)11)2(10)13-3(8)9/h1H3,(H3,8,9). The predicted molar refractivity (Wildman–Crippen MR) is 58.1 cm³/mol. The number of alkyl halides is 1. The van der Waals surface area contributed by atoms with Crippen molar-refractivity contribution in [3.63, 3.8) is 0 Å². The molecule has 1 atom stereocenters. The van der Waals surface area contributed by atoms with E-state index in [0.29, 0.717) is 11.8 Å². The van der Waals surface area contributed by atoms with Gasteiger partial charge in [-0.15, -0.1) is 0 Å². The average Bonchev–Trinajstić information content (AvgIpc) is 1.82. The number of hydrogen-bond acceptors (Lipinski definition) is 4. The van der Waals surface area contributed by atoms with Gasteiger partial charge in [0.15, 0.2) is 9.78 Å². The number of halogens is 3. The van der Waals surface area contributed by atoms with E-state index in [1.165, 1.54) is 0 Å². The maximum atomic E-state index is 11.2. The molecule has 13 heavy (non-hydrogen) atoms. The van der Waals surface area contributed by atoms with E-state index in [0.717, 1.165) is 6.92 Å². The fourth-order valence-corrected chi connectivity index (χ4v) is 2.30. The number of rotatable bonds is 2. The van der Waals surface area contributed by atoms with Gasteiger partial charge in [-0.25, -0.2) is 0 Å². The van der Waals surface area contributed by atoms with Crippen molar-refractivity contribution in [2.24, 2.45) is 5.73 Å². The molecule has 0 fully saturated rings. The van der Waals surface area contributed by atoms with Gasteiger partial charge in [0.2, 0.25) is 5.12 Å².